The van der Waals surface area contributed by atoms with Crippen LogP contribution in [0.15, 0.2) is 17.5 Å². The van der Waals surface area contributed by atoms with E-state index in [0.29, 0.717) is 12.5 Å². The van der Waals surface area contributed by atoms with Gasteiger partial charge in [0.15, 0.2) is 0 Å². The molecular formula is C17H24N4OS. The Morgan fingerprint density at radius 2 is 2.30 bits per heavy atom. The highest BCUT2D eigenvalue weighted by Gasteiger charge is 2.21. The molecule has 1 aliphatic rings. The molecule has 6 heteroatoms. The van der Waals surface area contributed by atoms with Crippen molar-refractivity contribution >= 4 is 17.4 Å². The molecule has 2 aromatic heterocycles. The van der Waals surface area contributed by atoms with Gasteiger partial charge in [-0.2, -0.15) is 5.10 Å². The number of hydrogen-bond donors (Lipinski definition) is 1. The molecule has 0 bridgehead atoms. The van der Waals surface area contributed by atoms with Crippen LogP contribution in [0.3, 0.4) is 0 Å². The summed E-state index contributed by atoms with van der Waals surface area (Å²) in [5, 5.41) is 9.67. The maximum absolute atomic E-state index is 12.4. The smallest absolute Gasteiger partial charge is 0.317 e. The van der Waals surface area contributed by atoms with E-state index in [2.05, 4.69) is 41.8 Å². The summed E-state index contributed by atoms with van der Waals surface area (Å²) in [6.07, 6.45) is 0.974. The fourth-order valence-electron chi connectivity index (χ4n) is 3.01. The standard InChI is InChI=1S/C17H24N4OS/c1-12(10-21-14(3)8-13(2)19-21)9-18-17(22)20-6-4-16-15(11-20)5-7-23-16/h5,7-8,12H,4,6,9-11H2,1-3H3,(H,18,22). The van der Waals surface area contributed by atoms with Gasteiger partial charge >= 0.3 is 6.03 Å². The van der Waals surface area contributed by atoms with Crippen molar-refractivity contribution in [1.29, 1.82) is 0 Å². The van der Waals surface area contributed by atoms with Crippen molar-refractivity contribution in [3.63, 3.8) is 0 Å². The Bertz CT molecular complexity index is 691. The topological polar surface area (TPSA) is 50.2 Å². The van der Waals surface area contributed by atoms with Crippen molar-refractivity contribution in [3.8, 4) is 0 Å². The summed E-state index contributed by atoms with van der Waals surface area (Å²) < 4.78 is 2.02. The highest BCUT2D eigenvalue weighted by molar-refractivity contribution is 7.10. The van der Waals surface area contributed by atoms with Crippen molar-refractivity contribution < 1.29 is 4.79 Å². The van der Waals surface area contributed by atoms with Crippen LogP contribution in [0.4, 0.5) is 4.79 Å². The number of hydrogen-bond acceptors (Lipinski definition) is 3. The Kier molecular flexibility index (Phi) is 4.71. The summed E-state index contributed by atoms with van der Waals surface area (Å²) in [7, 11) is 0. The zero-order valence-electron chi connectivity index (χ0n) is 14.0. The Labute approximate surface area is 141 Å². The number of nitrogens with zero attached hydrogens (tertiary/aromatic N) is 3. The quantitative estimate of drug-likeness (QED) is 0.936. The summed E-state index contributed by atoms with van der Waals surface area (Å²) in [4.78, 5) is 15.7. The number of aryl methyl sites for hydroxylation is 2. The van der Waals surface area contributed by atoms with Gasteiger partial charge in [0, 0.05) is 36.8 Å². The summed E-state index contributed by atoms with van der Waals surface area (Å²) in [5.74, 6) is 0.346. The SMILES string of the molecule is Cc1cc(C)n(CC(C)CNC(=O)N2CCc3sccc3C2)n1. The molecular weight excluding hydrogens is 308 g/mol. The first kappa shape index (κ1) is 16.1. The minimum atomic E-state index is 0.0436. The lowest BCUT2D eigenvalue weighted by atomic mass is 10.1. The van der Waals surface area contributed by atoms with Crippen LogP contribution in [0.2, 0.25) is 0 Å². The Balaban J connectivity index is 1.48. The van der Waals surface area contributed by atoms with E-state index >= 15 is 0 Å². The number of carbonyl (C=O) groups excluding carboxylic acids is 1. The van der Waals surface area contributed by atoms with E-state index in [0.717, 1.165) is 31.7 Å². The van der Waals surface area contributed by atoms with Gasteiger partial charge in [0.2, 0.25) is 0 Å². The molecule has 124 valence electrons. The van der Waals surface area contributed by atoms with Gasteiger partial charge < -0.3 is 10.2 Å². The van der Waals surface area contributed by atoms with E-state index in [1.807, 2.05) is 16.5 Å². The van der Waals surface area contributed by atoms with Gasteiger partial charge in [-0.05, 0) is 49.3 Å². The van der Waals surface area contributed by atoms with Gasteiger partial charge in [-0.1, -0.05) is 6.92 Å². The molecule has 23 heavy (non-hydrogen) atoms. The average Bonchev–Trinajstić information content (AvgIpc) is 3.10. The molecule has 1 atom stereocenters. The zero-order chi connectivity index (χ0) is 16.4. The lowest BCUT2D eigenvalue weighted by Gasteiger charge is -2.27. The fourth-order valence-corrected chi connectivity index (χ4v) is 3.90. The third-order valence-corrected chi connectivity index (χ3v) is 5.31. The van der Waals surface area contributed by atoms with Crippen molar-refractivity contribution in [2.45, 2.75) is 40.3 Å². The van der Waals surface area contributed by atoms with Crippen LogP contribution in [0.25, 0.3) is 0 Å². The van der Waals surface area contributed by atoms with Crippen molar-refractivity contribution in [2.24, 2.45) is 5.92 Å². The zero-order valence-corrected chi connectivity index (χ0v) is 14.8. The Morgan fingerprint density at radius 3 is 3.04 bits per heavy atom. The molecule has 1 N–H and O–H groups in total. The molecule has 0 aliphatic carbocycles. The average molecular weight is 332 g/mol. The maximum atomic E-state index is 12.4. The first-order valence-electron chi connectivity index (χ1n) is 8.12. The van der Waals surface area contributed by atoms with Crippen molar-refractivity contribution in [3.05, 3.63) is 39.3 Å². The van der Waals surface area contributed by atoms with Crippen LogP contribution in [-0.2, 0) is 19.5 Å². The molecule has 1 unspecified atom stereocenters. The minimum absolute atomic E-state index is 0.0436. The van der Waals surface area contributed by atoms with E-state index in [9.17, 15) is 4.79 Å². The second-order valence-electron chi connectivity index (χ2n) is 6.44. The second kappa shape index (κ2) is 6.74. The van der Waals surface area contributed by atoms with Crippen LogP contribution >= 0.6 is 11.3 Å². The predicted octanol–water partition coefficient (Wildman–Crippen LogP) is 2.97. The molecule has 3 rings (SSSR count). The van der Waals surface area contributed by atoms with Crippen LogP contribution < -0.4 is 5.32 Å². The van der Waals surface area contributed by atoms with E-state index in [4.69, 9.17) is 0 Å². The highest BCUT2D eigenvalue weighted by atomic mass is 32.1. The number of carbonyl (C=O) groups is 1. The molecule has 0 saturated carbocycles. The number of fused-ring (bicyclic) bond motifs is 1. The monoisotopic (exact) mass is 332 g/mol. The van der Waals surface area contributed by atoms with Gasteiger partial charge in [-0.15, -0.1) is 11.3 Å². The summed E-state index contributed by atoms with van der Waals surface area (Å²) in [6, 6.07) is 4.25. The number of nitrogens with one attached hydrogen (secondary N) is 1. The highest BCUT2D eigenvalue weighted by Crippen LogP contribution is 2.23. The lowest BCUT2D eigenvalue weighted by Crippen LogP contribution is -2.44. The maximum Gasteiger partial charge on any atom is 0.317 e. The summed E-state index contributed by atoms with van der Waals surface area (Å²) in [5.41, 5.74) is 3.51. The largest absolute Gasteiger partial charge is 0.338 e. The van der Waals surface area contributed by atoms with E-state index in [-0.39, 0.29) is 6.03 Å². The van der Waals surface area contributed by atoms with E-state index < -0.39 is 0 Å². The molecule has 0 aromatic carbocycles. The number of rotatable bonds is 4. The summed E-state index contributed by atoms with van der Waals surface area (Å²) in [6.45, 7) is 9.26. The van der Waals surface area contributed by atoms with Gasteiger partial charge in [-0.3, -0.25) is 4.68 Å². The molecule has 2 aromatic rings. The third-order valence-electron chi connectivity index (χ3n) is 4.28. The van der Waals surface area contributed by atoms with Crippen LogP contribution in [-0.4, -0.2) is 33.8 Å². The molecule has 5 nitrogen and oxygen atoms in total. The predicted molar refractivity (Wildman–Crippen MR) is 92.7 cm³/mol. The molecule has 0 fully saturated rings. The number of urea groups is 1. The molecule has 2 amide bonds. The first-order chi connectivity index (χ1) is 11.0. The third kappa shape index (κ3) is 3.75. The van der Waals surface area contributed by atoms with Crippen LogP contribution in [0.5, 0.6) is 0 Å². The second-order valence-corrected chi connectivity index (χ2v) is 7.44. The molecule has 3 heterocycles. The summed E-state index contributed by atoms with van der Waals surface area (Å²) >= 11 is 1.79. The molecule has 0 radical (unpaired) electrons. The van der Waals surface area contributed by atoms with E-state index in [1.165, 1.54) is 16.1 Å². The van der Waals surface area contributed by atoms with Crippen molar-refractivity contribution in [2.75, 3.05) is 13.1 Å². The molecule has 1 aliphatic heterocycles. The van der Waals surface area contributed by atoms with Gasteiger partial charge in [0.25, 0.3) is 0 Å². The fraction of sp³-hybridized carbons (Fsp3) is 0.529. The lowest BCUT2D eigenvalue weighted by molar-refractivity contribution is 0.190. The van der Waals surface area contributed by atoms with Crippen LogP contribution in [0, 0.1) is 19.8 Å². The minimum Gasteiger partial charge on any atom is -0.338 e. The van der Waals surface area contributed by atoms with Crippen LogP contribution in [0.1, 0.15) is 28.8 Å². The molecule has 0 saturated heterocycles. The number of aromatic nitrogens is 2. The van der Waals surface area contributed by atoms with Gasteiger partial charge in [0.05, 0.1) is 5.69 Å². The Hall–Kier alpha value is -1.82. The normalized spacial score (nSPS) is 15.3. The number of amides is 2. The molecule has 0 spiro atoms. The first-order valence-corrected chi connectivity index (χ1v) is 9.00. The van der Waals surface area contributed by atoms with Gasteiger partial charge in [-0.25, -0.2) is 4.79 Å². The van der Waals surface area contributed by atoms with Gasteiger partial charge in [0.1, 0.15) is 0 Å². The Morgan fingerprint density at radius 1 is 1.48 bits per heavy atom. The van der Waals surface area contributed by atoms with E-state index in [1.54, 1.807) is 11.3 Å². The van der Waals surface area contributed by atoms with Crippen molar-refractivity contribution in [1.82, 2.24) is 20.0 Å². The number of thiophene rings is 1.